The van der Waals surface area contributed by atoms with Gasteiger partial charge in [-0.05, 0) is 106 Å². The highest BCUT2D eigenvalue weighted by molar-refractivity contribution is 6.11. The molecule has 0 fully saturated rings. The molecule has 1 unspecified atom stereocenters. The highest BCUT2D eigenvalue weighted by atomic mass is 15.5. The summed E-state index contributed by atoms with van der Waals surface area (Å²) in [7, 11) is 0. The van der Waals surface area contributed by atoms with Crippen molar-refractivity contribution in [2.45, 2.75) is 6.17 Å². The van der Waals surface area contributed by atoms with Crippen molar-refractivity contribution in [3.8, 4) is 33.6 Å². The molecule has 59 heavy (non-hydrogen) atoms. The third-order valence-electron chi connectivity index (χ3n) is 11.8. The van der Waals surface area contributed by atoms with Crippen LogP contribution in [0.5, 0.6) is 0 Å². The predicted molar refractivity (Wildman–Crippen MR) is 246 cm³/mol. The number of aromatic nitrogens is 2. The molecule has 3 N–H and O–H groups in total. The summed E-state index contributed by atoms with van der Waals surface area (Å²) in [4.78, 5) is 0. The Morgan fingerprint density at radius 1 is 0.424 bits per heavy atom. The Bertz CT molecular complexity index is 3170. The van der Waals surface area contributed by atoms with Gasteiger partial charge in [-0.1, -0.05) is 140 Å². The van der Waals surface area contributed by atoms with Crippen LogP contribution >= 0.6 is 0 Å². The van der Waals surface area contributed by atoms with Crippen molar-refractivity contribution in [1.29, 1.82) is 0 Å². The van der Waals surface area contributed by atoms with Crippen molar-refractivity contribution in [3.63, 3.8) is 0 Å². The molecule has 10 aromatic rings. The molecule has 2 aromatic heterocycles. The van der Waals surface area contributed by atoms with Crippen LogP contribution in [0.25, 0.3) is 82.8 Å². The maximum absolute atomic E-state index is 6.84. The molecular weight excluding hydrogens is 719 g/mol. The lowest BCUT2D eigenvalue weighted by Crippen LogP contribution is -2.42. The van der Waals surface area contributed by atoms with Gasteiger partial charge in [-0.25, -0.2) is 5.43 Å². The number of allylic oxidation sites excluding steroid dienone is 2. The first-order chi connectivity index (χ1) is 29.2. The summed E-state index contributed by atoms with van der Waals surface area (Å²) in [6.45, 7) is 0.677. The Labute approximate surface area is 343 Å². The standard InChI is InChI=1S/C54H41N5/c55-54(39-26-24-38(25-27-39)40-15-11-19-45(33-40)59-50-22-9-7-20-46(50)47-21-8-10-23-51(47)59)56-57-32-12-16-43(36-57)42-29-31-53-49(35-42)48-34-41(37-13-3-1-4-14-37)28-30-52(48)58(53)44-17-5-2-6-18-44/h1-35,54,56H,36,55H2. The molecule has 5 nitrogen and oxygen atoms in total. The second kappa shape index (κ2) is 14.5. The number of para-hydroxylation sites is 3. The smallest absolute Gasteiger partial charge is 0.0984 e. The molecule has 11 rings (SSSR count). The fraction of sp³-hybridized carbons (Fsp3) is 0.0370. The average molecular weight is 760 g/mol. The molecule has 5 heteroatoms. The van der Waals surface area contributed by atoms with Crippen LogP contribution in [0, 0.1) is 0 Å². The molecule has 1 aliphatic rings. The summed E-state index contributed by atoms with van der Waals surface area (Å²) in [6.07, 6.45) is 5.97. The Morgan fingerprint density at radius 2 is 0.932 bits per heavy atom. The number of hydrogen-bond acceptors (Lipinski definition) is 3. The number of nitrogens with two attached hydrogens (primary N) is 1. The summed E-state index contributed by atoms with van der Waals surface area (Å²) in [5, 5.41) is 7.07. The minimum absolute atomic E-state index is 0.389. The predicted octanol–water partition coefficient (Wildman–Crippen LogP) is 12.6. The molecule has 282 valence electrons. The maximum atomic E-state index is 6.84. The van der Waals surface area contributed by atoms with E-state index < -0.39 is 0 Å². The Balaban J connectivity index is 0.846. The largest absolute Gasteiger partial charge is 0.311 e. The van der Waals surface area contributed by atoms with Crippen LogP contribution in [-0.2, 0) is 0 Å². The van der Waals surface area contributed by atoms with E-state index in [4.69, 9.17) is 5.73 Å². The van der Waals surface area contributed by atoms with Crippen molar-refractivity contribution in [2.24, 2.45) is 5.73 Å². The van der Waals surface area contributed by atoms with Gasteiger partial charge in [-0.2, -0.15) is 0 Å². The van der Waals surface area contributed by atoms with Gasteiger partial charge in [-0.3, -0.25) is 0 Å². The van der Waals surface area contributed by atoms with Gasteiger partial charge >= 0.3 is 0 Å². The van der Waals surface area contributed by atoms with E-state index in [1.165, 1.54) is 65.9 Å². The Morgan fingerprint density at radius 3 is 1.64 bits per heavy atom. The lowest BCUT2D eigenvalue weighted by molar-refractivity contribution is 0.254. The number of hydrogen-bond donors (Lipinski definition) is 2. The van der Waals surface area contributed by atoms with Crippen LogP contribution in [0.3, 0.4) is 0 Å². The van der Waals surface area contributed by atoms with Crippen LogP contribution in [0.4, 0.5) is 0 Å². The van der Waals surface area contributed by atoms with Gasteiger partial charge in [0.15, 0.2) is 0 Å². The molecule has 8 aromatic carbocycles. The van der Waals surface area contributed by atoms with Crippen LogP contribution in [0.2, 0.25) is 0 Å². The van der Waals surface area contributed by atoms with Crippen LogP contribution in [0.1, 0.15) is 17.3 Å². The van der Waals surface area contributed by atoms with Gasteiger partial charge in [0.25, 0.3) is 0 Å². The van der Waals surface area contributed by atoms with E-state index >= 15 is 0 Å². The molecule has 0 radical (unpaired) electrons. The zero-order valence-corrected chi connectivity index (χ0v) is 32.4. The Kier molecular flexibility index (Phi) is 8.54. The summed E-state index contributed by atoms with van der Waals surface area (Å²) < 4.78 is 4.74. The van der Waals surface area contributed by atoms with Gasteiger partial charge < -0.3 is 19.9 Å². The summed E-state index contributed by atoms with van der Waals surface area (Å²) in [5.41, 5.74) is 25.6. The maximum Gasteiger partial charge on any atom is 0.0984 e. The lowest BCUT2D eigenvalue weighted by atomic mass is 9.99. The second-order valence-electron chi connectivity index (χ2n) is 15.3. The molecule has 0 bridgehead atoms. The number of benzene rings is 8. The SMILES string of the molecule is NC(NN1C=CC=C(c2ccc3c(c2)c2cc(-c4ccccc4)ccc2n3-c2ccccc2)C1)c1ccc(-c2cccc(-n3c4ccccc4c4ccccc43)c2)cc1. The van der Waals surface area contributed by atoms with E-state index in [-0.39, 0.29) is 6.17 Å². The van der Waals surface area contributed by atoms with E-state index in [0.29, 0.717) is 6.54 Å². The number of rotatable bonds is 8. The first-order valence-electron chi connectivity index (χ1n) is 20.2. The minimum Gasteiger partial charge on any atom is -0.311 e. The molecule has 0 saturated carbocycles. The fourth-order valence-corrected chi connectivity index (χ4v) is 8.88. The van der Waals surface area contributed by atoms with Gasteiger partial charge in [0, 0.05) is 39.1 Å². The zero-order chi connectivity index (χ0) is 39.3. The van der Waals surface area contributed by atoms with Crippen molar-refractivity contribution < 1.29 is 0 Å². The zero-order valence-electron chi connectivity index (χ0n) is 32.4. The third-order valence-corrected chi connectivity index (χ3v) is 11.8. The summed E-state index contributed by atoms with van der Waals surface area (Å²) >= 11 is 0. The molecule has 1 atom stereocenters. The quantitative estimate of drug-likeness (QED) is 0.152. The number of fused-ring (bicyclic) bond motifs is 6. The molecule has 0 spiro atoms. The molecule has 0 amide bonds. The number of nitrogens with zero attached hydrogens (tertiary/aromatic N) is 3. The van der Waals surface area contributed by atoms with Crippen LogP contribution in [0.15, 0.2) is 212 Å². The van der Waals surface area contributed by atoms with E-state index in [1.54, 1.807) is 0 Å². The van der Waals surface area contributed by atoms with Gasteiger partial charge in [-0.15, -0.1) is 0 Å². The fourth-order valence-electron chi connectivity index (χ4n) is 8.88. The topological polar surface area (TPSA) is 51.1 Å². The van der Waals surface area contributed by atoms with E-state index in [2.05, 4.69) is 232 Å². The highest BCUT2D eigenvalue weighted by Gasteiger charge is 2.18. The van der Waals surface area contributed by atoms with Gasteiger partial charge in [0.1, 0.15) is 0 Å². The lowest BCUT2D eigenvalue weighted by Gasteiger charge is -2.29. The molecule has 3 heterocycles. The third kappa shape index (κ3) is 6.21. The Hall–Kier alpha value is -7.44. The van der Waals surface area contributed by atoms with Crippen molar-refractivity contribution >= 4 is 49.2 Å². The monoisotopic (exact) mass is 759 g/mol. The van der Waals surface area contributed by atoms with Gasteiger partial charge in [0.05, 0.1) is 34.8 Å². The normalized spacial score (nSPS) is 13.4. The molecule has 0 aliphatic carbocycles. The highest BCUT2D eigenvalue weighted by Crippen LogP contribution is 2.37. The summed E-state index contributed by atoms with van der Waals surface area (Å²) in [6, 6.07) is 69.6. The molecule has 1 aliphatic heterocycles. The number of hydrazine groups is 1. The first-order valence-corrected chi connectivity index (χ1v) is 20.2. The van der Waals surface area contributed by atoms with Crippen LogP contribution < -0.4 is 11.2 Å². The van der Waals surface area contributed by atoms with Crippen molar-refractivity contribution in [1.82, 2.24) is 19.6 Å². The van der Waals surface area contributed by atoms with E-state index in [9.17, 15) is 0 Å². The number of nitrogens with one attached hydrogen (secondary N) is 1. The first kappa shape index (κ1) is 34.8. The van der Waals surface area contributed by atoms with Crippen molar-refractivity contribution in [2.75, 3.05) is 6.54 Å². The van der Waals surface area contributed by atoms with Gasteiger partial charge in [0.2, 0.25) is 0 Å². The average Bonchev–Trinajstić information content (AvgIpc) is 3.82. The van der Waals surface area contributed by atoms with E-state index in [0.717, 1.165) is 28.1 Å². The van der Waals surface area contributed by atoms with Crippen LogP contribution in [-0.4, -0.2) is 20.7 Å². The van der Waals surface area contributed by atoms with Crippen molar-refractivity contribution in [3.05, 3.63) is 224 Å². The second-order valence-corrected chi connectivity index (χ2v) is 15.3. The molecule has 0 saturated heterocycles. The summed E-state index contributed by atoms with van der Waals surface area (Å²) in [5.74, 6) is 0. The minimum atomic E-state index is -0.389. The van der Waals surface area contributed by atoms with E-state index in [1.807, 2.05) is 0 Å². The molecular formula is C54H41N5.